The minimum absolute atomic E-state index is 0.299. The van der Waals surface area contributed by atoms with Crippen molar-refractivity contribution in [1.82, 2.24) is 4.57 Å². The highest BCUT2D eigenvalue weighted by Gasteiger charge is 2.32. The van der Waals surface area contributed by atoms with Gasteiger partial charge in [-0.05, 0) is 43.9 Å². The minimum Gasteiger partial charge on any atom is -0.366 e. The van der Waals surface area contributed by atoms with Gasteiger partial charge in [-0.2, -0.15) is 0 Å². The number of aromatic nitrogens is 1. The molecule has 1 amide bonds. The average molecular weight is 300 g/mol. The van der Waals surface area contributed by atoms with E-state index in [1.54, 1.807) is 6.07 Å². The van der Waals surface area contributed by atoms with Crippen LogP contribution in [0.2, 0.25) is 0 Å². The molecule has 1 aromatic carbocycles. The van der Waals surface area contributed by atoms with E-state index in [0.717, 1.165) is 48.2 Å². The molecule has 1 aliphatic carbocycles. The normalized spacial score (nSPS) is 14.3. The Kier molecular flexibility index (Phi) is 3.77. The quantitative estimate of drug-likeness (QED) is 0.891. The van der Waals surface area contributed by atoms with Crippen LogP contribution in [0.1, 0.15) is 54.0 Å². The fraction of sp³-hybridized carbons (Fsp3) is 0.389. The van der Waals surface area contributed by atoms with Crippen molar-refractivity contribution in [3.05, 3.63) is 47.0 Å². The van der Waals surface area contributed by atoms with Crippen LogP contribution < -0.4 is 5.73 Å². The van der Waals surface area contributed by atoms with Crippen molar-refractivity contribution in [3.8, 4) is 11.1 Å². The van der Waals surface area contributed by atoms with Gasteiger partial charge in [0.15, 0.2) is 0 Å². The molecule has 1 heterocycles. The molecule has 3 rings (SSSR count). The van der Waals surface area contributed by atoms with Crippen LogP contribution in [-0.4, -0.2) is 10.5 Å². The maximum Gasteiger partial charge on any atom is 0.251 e. The highest BCUT2D eigenvalue weighted by Crippen LogP contribution is 2.43. The lowest BCUT2D eigenvalue weighted by Gasteiger charge is -2.11. The van der Waals surface area contributed by atoms with Crippen LogP contribution in [0.4, 0.5) is 4.39 Å². The van der Waals surface area contributed by atoms with E-state index in [9.17, 15) is 9.18 Å². The Bertz CT molecular complexity index is 729. The van der Waals surface area contributed by atoms with Crippen LogP contribution in [0.25, 0.3) is 11.1 Å². The third-order valence-corrected chi connectivity index (χ3v) is 4.31. The Labute approximate surface area is 129 Å². The summed E-state index contributed by atoms with van der Waals surface area (Å²) >= 11 is 0. The maximum absolute atomic E-state index is 13.7. The van der Waals surface area contributed by atoms with Crippen molar-refractivity contribution in [2.45, 2.75) is 45.6 Å². The SMILES string of the molecule is CCCc1c(-c2cccc(F)c2)c(C(N)=O)c(C)n1C1CC1. The summed E-state index contributed by atoms with van der Waals surface area (Å²) in [5.74, 6) is -0.735. The number of halogens is 1. The number of nitrogens with zero attached hydrogens (tertiary/aromatic N) is 1. The third-order valence-electron chi connectivity index (χ3n) is 4.31. The Hall–Kier alpha value is -2.10. The van der Waals surface area contributed by atoms with Gasteiger partial charge in [0.25, 0.3) is 5.91 Å². The monoisotopic (exact) mass is 300 g/mol. The van der Waals surface area contributed by atoms with Gasteiger partial charge in [0.05, 0.1) is 5.56 Å². The molecule has 0 atom stereocenters. The van der Waals surface area contributed by atoms with Crippen molar-refractivity contribution in [2.24, 2.45) is 5.73 Å². The lowest BCUT2D eigenvalue weighted by atomic mass is 9.98. The Morgan fingerprint density at radius 3 is 2.68 bits per heavy atom. The van der Waals surface area contributed by atoms with Crippen molar-refractivity contribution < 1.29 is 9.18 Å². The highest BCUT2D eigenvalue weighted by atomic mass is 19.1. The molecule has 116 valence electrons. The van der Waals surface area contributed by atoms with Crippen LogP contribution in [0.15, 0.2) is 24.3 Å². The summed E-state index contributed by atoms with van der Waals surface area (Å²) < 4.78 is 15.9. The number of nitrogens with two attached hydrogens (primary N) is 1. The Morgan fingerprint density at radius 1 is 1.41 bits per heavy atom. The summed E-state index contributed by atoms with van der Waals surface area (Å²) in [5.41, 5.74) is 9.77. The zero-order chi connectivity index (χ0) is 15.9. The smallest absolute Gasteiger partial charge is 0.251 e. The molecule has 0 unspecified atom stereocenters. The first-order valence-electron chi connectivity index (χ1n) is 7.84. The molecular weight excluding hydrogens is 279 g/mol. The first kappa shape index (κ1) is 14.8. The van der Waals surface area contributed by atoms with E-state index >= 15 is 0 Å². The lowest BCUT2D eigenvalue weighted by Crippen LogP contribution is -2.13. The average Bonchev–Trinajstić information content (AvgIpc) is 3.24. The Morgan fingerprint density at radius 2 is 2.14 bits per heavy atom. The van der Waals surface area contributed by atoms with Crippen molar-refractivity contribution in [2.75, 3.05) is 0 Å². The van der Waals surface area contributed by atoms with Crippen molar-refractivity contribution in [1.29, 1.82) is 0 Å². The van der Waals surface area contributed by atoms with Crippen molar-refractivity contribution in [3.63, 3.8) is 0 Å². The maximum atomic E-state index is 13.7. The molecule has 0 saturated heterocycles. The van der Waals surface area contributed by atoms with Gasteiger partial charge in [-0.25, -0.2) is 4.39 Å². The molecule has 4 heteroatoms. The van der Waals surface area contributed by atoms with Gasteiger partial charge in [-0.1, -0.05) is 25.5 Å². The predicted molar refractivity (Wildman–Crippen MR) is 85.3 cm³/mol. The fourth-order valence-corrected chi connectivity index (χ4v) is 3.33. The molecule has 0 radical (unpaired) electrons. The molecule has 3 nitrogen and oxygen atoms in total. The van der Waals surface area contributed by atoms with E-state index in [-0.39, 0.29) is 5.82 Å². The van der Waals surface area contributed by atoms with E-state index in [2.05, 4.69) is 11.5 Å². The van der Waals surface area contributed by atoms with Crippen LogP contribution in [0.3, 0.4) is 0 Å². The number of carbonyl (C=O) groups excluding carboxylic acids is 1. The first-order chi connectivity index (χ1) is 10.5. The summed E-state index contributed by atoms with van der Waals surface area (Å²) in [6.07, 6.45) is 4.09. The molecular formula is C18H21FN2O. The topological polar surface area (TPSA) is 48.0 Å². The van der Waals surface area contributed by atoms with Crippen LogP contribution in [-0.2, 0) is 6.42 Å². The molecule has 2 N–H and O–H groups in total. The van der Waals surface area contributed by atoms with E-state index in [1.807, 2.05) is 13.0 Å². The Balaban J connectivity index is 2.30. The number of hydrogen-bond acceptors (Lipinski definition) is 1. The second-order valence-electron chi connectivity index (χ2n) is 6.01. The first-order valence-corrected chi connectivity index (χ1v) is 7.84. The molecule has 1 fully saturated rings. The number of rotatable bonds is 5. The van der Waals surface area contributed by atoms with Gasteiger partial charge in [-0.15, -0.1) is 0 Å². The minimum atomic E-state index is -0.437. The predicted octanol–water partition coefficient (Wildman–Crippen LogP) is 3.99. The van der Waals surface area contributed by atoms with E-state index in [0.29, 0.717) is 11.6 Å². The summed E-state index contributed by atoms with van der Waals surface area (Å²) in [6.45, 7) is 4.05. The van der Waals surface area contributed by atoms with Gasteiger partial charge >= 0.3 is 0 Å². The van der Waals surface area contributed by atoms with E-state index in [1.165, 1.54) is 12.1 Å². The number of primary amides is 1. The third kappa shape index (κ3) is 2.43. The fourth-order valence-electron chi connectivity index (χ4n) is 3.33. The van der Waals surface area contributed by atoms with Gasteiger partial charge in [0.2, 0.25) is 0 Å². The molecule has 22 heavy (non-hydrogen) atoms. The van der Waals surface area contributed by atoms with Crippen LogP contribution in [0.5, 0.6) is 0 Å². The van der Waals surface area contributed by atoms with E-state index < -0.39 is 5.91 Å². The molecule has 2 aromatic rings. The summed E-state index contributed by atoms with van der Waals surface area (Å²) in [7, 11) is 0. The molecule has 0 spiro atoms. The zero-order valence-electron chi connectivity index (χ0n) is 13.0. The van der Waals surface area contributed by atoms with Crippen molar-refractivity contribution >= 4 is 5.91 Å². The number of carbonyl (C=O) groups is 1. The van der Waals surface area contributed by atoms with Gasteiger partial charge in [0, 0.05) is 23.0 Å². The molecule has 0 aliphatic heterocycles. The lowest BCUT2D eigenvalue weighted by molar-refractivity contribution is 0.1000. The molecule has 0 bridgehead atoms. The number of hydrogen-bond donors (Lipinski definition) is 1. The molecule has 1 aliphatic rings. The highest BCUT2D eigenvalue weighted by molar-refractivity contribution is 6.02. The summed E-state index contributed by atoms with van der Waals surface area (Å²) in [4.78, 5) is 12.0. The number of benzene rings is 1. The second-order valence-corrected chi connectivity index (χ2v) is 6.01. The second kappa shape index (κ2) is 5.59. The van der Waals surface area contributed by atoms with Gasteiger partial charge < -0.3 is 10.3 Å². The van der Waals surface area contributed by atoms with Crippen LogP contribution >= 0.6 is 0 Å². The van der Waals surface area contributed by atoms with Gasteiger partial charge in [0.1, 0.15) is 5.82 Å². The van der Waals surface area contributed by atoms with E-state index in [4.69, 9.17) is 5.73 Å². The summed E-state index contributed by atoms with van der Waals surface area (Å²) in [5, 5.41) is 0. The zero-order valence-corrected chi connectivity index (χ0v) is 13.0. The molecule has 1 aromatic heterocycles. The summed E-state index contributed by atoms with van der Waals surface area (Å²) in [6, 6.07) is 6.88. The van der Waals surface area contributed by atoms with Gasteiger partial charge in [-0.3, -0.25) is 4.79 Å². The largest absolute Gasteiger partial charge is 0.366 e. The van der Waals surface area contributed by atoms with Crippen LogP contribution in [0, 0.1) is 12.7 Å². The molecule has 1 saturated carbocycles. The standard InChI is InChI=1S/C18H21FN2O/c1-3-5-15-17(12-6-4-7-13(19)10-12)16(18(20)22)11(2)21(15)14-8-9-14/h4,6-7,10,14H,3,5,8-9H2,1-2H3,(H2,20,22). The number of amides is 1.